The molecule has 2 aromatic rings. The Morgan fingerprint density at radius 1 is 1.33 bits per heavy atom. The number of rotatable bonds is 2. The summed E-state index contributed by atoms with van der Waals surface area (Å²) in [5.41, 5.74) is 7.45. The van der Waals surface area contributed by atoms with Crippen molar-refractivity contribution in [1.82, 2.24) is 9.97 Å². The predicted molar refractivity (Wildman–Crippen MR) is 67.3 cm³/mol. The first-order chi connectivity index (χ1) is 7.20. The third-order valence-corrected chi connectivity index (χ3v) is 3.07. The molecule has 78 valence electrons. The van der Waals surface area contributed by atoms with E-state index in [2.05, 4.69) is 41.8 Å². The number of aromatic amines is 1. The number of benzene rings is 1. The van der Waals surface area contributed by atoms with Gasteiger partial charge in [0.1, 0.15) is 16.1 Å². The Morgan fingerprint density at radius 2 is 2.13 bits per heavy atom. The molecule has 0 aliphatic carbocycles. The number of H-pyrrole nitrogens is 1. The van der Waals surface area contributed by atoms with Crippen molar-refractivity contribution in [3.63, 3.8) is 0 Å². The van der Waals surface area contributed by atoms with Crippen LogP contribution in [0.4, 0.5) is 0 Å². The molecular weight excluding hydrogens is 322 g/mol. The smallest absolute Gasteiger partial charge is 0.121 e. The number of halogens is 2. The van der Waals surface area contributed by atoms with Crippen LogP contribution >= 0.6 is 31.9 Å². The second-order valence-electron chi connectivity index (χ2n) is 3.06. The highest BCUT2D eigenvalue weighted by Gasteiger charge is 2.09. The van der Waals surface area contributed by atoms with Gasteiger partial charge in [-0.2, -0.15) is 0 Å². The molecule has 1 aromatic carbocycles. The van der Waals surface area contributed by atoms with Crippen LogP contribution < -0.4 is 5.73 Å². The van der Waals surface area contributed by atoms with Crippen LogP contribution in [0.2, 0.25) is 0 Å². The van der Waals surface area contributed by atoms with E-state index in [0.717, 1.165) is 26.2 Å². The molecule has 1 aromatic heterocycles. The van der Waals surface area contributed by atoms with Crippen molar-refractivity contribution < 1.29 is 0 Å². The molecular formula is C10H9Br2N3. The van der Waals surface area contributed by atoms with Crippen LogP contribution in [0.25, 0.3) is 11.3 Å². The van der Waals surface area contributed by atoms with E-state index in [-0.39, 0.29) is 0 Å². The summed E-state index contributed by atoms with van der Waals surface area (Å²) in [5, 5.41) is 0. The van der Waals surface area contributed by atoms with E-state index in [1.54, 1.807) is 0 Å². The van der Waals surface area contributed by atoms with Gasteiger partial charge < -0.3 is 10.7 Å². The normalized spacial score (nSPS) is 10.6. The van der Waals surface area contributed by atoms with Crippen LogP contribution in [-0.4, -0.2) is 9.97 Å². The maximum Gasteiger partial charge on any atom is 0.121 e. The summed E-state index contributed by atoms with van der Waals surface area (Å²) in [5.74, 6) is 0.775. The fraction of sp³-hybridized carbons (Fsp3) is 0.100. The number of imidazole rings is 1. The minimum absolute atomic E-state index is 0.409. The molecule has 0 radical (unpaired) electrons. The molecule has 0 fully saturated rings. The van der Waals surface area contributed by atoms with E-state index in [1.807, 2.05) is 24.3 Å². The van der Waals surface area contributed by atoms with Crippen LogP contribution in [0.1, 0.15) is 5.82 Å². The number of hydrogen-bond donors (Lipinski definition) is 2. The third kappa shape index (κ3) is 2.30. The monoisotopic (exact) mass is 329 g/mol. The average Bonchev–Trinajstić information content (AvgIpc) is 2.60. The highest BCUT2D eigenvalue weighted by molar-refractivity contribution is 9.10. The molecule has 0 amide bonds. The first-order valence-corrected chi connectivity index (χ1v) is 5.99. The van der Waals surface area contributed by atoms with Crippen LogP contribution in [0.3, 0.4) is 0 Å². The molecule has 0 unspecified atom stereocenters. The van der Waals surface area contributed by atoms with E-state index in [0.29, 0.717) is 6.54 Å². The summed E-state index contributed by atoms with van der Waals surface area (Å²) < 4.78 is 1.89. The second-order valence-corrected chi connectivity index (χ2v) is 4.77. The molecule has 0 spiro atoms. The molecule has 15 heavy (non-hydrogen) atoms. The van der Waals surface area contributed by atoms with Gasteiger partial charge in [-0.05, 0) is 28.1 Å². The SMILES string of the molecule is NCc1nc(-c2cccc(Br)c2)c(Br)[nH]1. The molecule has 0 bridgehead atoms. The molecule has 0 saturated heterocycles. The number of hydrogen-bond acceptors (Lipinski definition) is 2. The Bertz CT molecular complexity index is 479. The minimum atomic E-state index is 0.409. The molecule has 1 heterocycles. The Hall–Kier alpha value is -0.650. The number of nitrogens with two attached hydrogens (primary N) is 1. The predicted octanol–water partition coefficient (Wildman–Crippen LogP) is 3.06. The summed E-state index contributed by atoms with van der Waals surface area (Å²) in [4.78, 5) is 7.47. The van der Waals surface area contributed by atoms with Gasteiger partial charge in [0.15, 0.2) is 0 Å². The van der Waals surface area contributed by atoms with E-state index in [1.165, 1.54) is 0 Å². The van der Waals surface area contributed by atoms with Gasteiger partial charge in [-0.1, -0.05) is 28.1 Å². The Balaban J connectivity index is 2.48. The van der Waals surface area contributed by atoms with E-state index in [4.69, 9.17) is 5.73 Å². The van der Waals surface area contributed by atoms with Gasteiger partial charge in [-0.3, -0.25) is 0 Å². The highest BCUT2D eigenvalue weighted by Crippen LogP contribution is 2.27. The van der Waals surface area contributed by atoms with Crippen LogP contribution in [0.15, 0.2) is 33.3 Å². The van der Waals surface area contributed by atoms with E-state index < -0.39 is 0 Å². The maximum atomic E-state index is 5.52. The zero-order chi connectivity index (χ0) is 10.8. The lowest BCUT2D eigenvalue weighted by Gasteiger charge is -1.97. The van der Waals surface area contributed by atoms with Gasteiger partial charge in [-0.15, -0.1) is 0 Å². The van der Waals surface area contributed by atoms with Gasteiger partial charge in [-0.25, -0.2) is 4.98 Å². The maximum absolute atomic E-state index is 5.52. The molecule has 0 aliphatic heterocycles. The van der Waals surface area contributed by atoms with Gasteiger partial charge >= 0.3 is 0 Å². The van der Waals surface area contributed by atoms with Crippen molar-refractivity contribution in [2.24, 2.45) is 5.73 Å². The fourth-order valence-corrected chi connectivity index (χ4v) is 2.27. The summed E-state index contributed by atoms with van der Waals surface area (Å²) in [6, 6.07) is 7.98. The topological polar surface area (TPSA) is 54.7 Å². The number of nitrogens with one attached hydrogen (secondary N) is 1. The van der Waals surface area contributed by atoms with Crippen LogP contribution in [0, 0.1) is 0 Å². The van der Waals surface area contributed by atoms with Crippen molar-refractivity contribution in [3.8, 4) is 11.3 Å². The van der Waals surface area contributed by atoms with Crippen molar-refractivity contribution in [3.05, 3.63) is 39.2 Å². The summed E-state index contributed by atoms with van der Waals surface area (Å²) in [7, 11) is 0. The molecule has 2 rings (SSSR count). The van der Waals surface area contributed by atoms with E-state index >= 15 is 0 Å². The van der Waals surface area contributed by atoms with Crippen molar-refractivity contribution in [2.45, 2.75) is 6.54 Å². The second kappa shape index (κ2) is 4.47. The van der Waals surface area contributed by atoms with Gasteiger partial charge in [0, 0.05) is 10.0 Å². The lowest BCUT2D eigenvalue weighted by molar-refractivity contribution is 0.947. The first-order valence-electron chi connectivity index (χ1n) is 4.41. The highest BCUT2D eigenvalue weighted by atomic mass is 79.9. The molecule has 3 nitrogen and oxygen atoms in total. The first kappa shape index (κ1) is 10.9. The molecule has 5 heteroatoms. The molecule has 0 atom stereocenters. The lowest BCUT2D eigenvalue weighted by Crippen LogP contribution is -1.97. The summed E-state index contributed by atoms with van der Waals surface area (Å²) in [6.45, 7) is 0.409. The van der Waals surface area contributed by atoms with Gasteiger partial charge in [0.25, 0.3) is 0 Å². The summed E-state index contributed by atoms with van der Waals surface area (Å²) >= 11 is 6.86. The van der Waals surface area contributed by atoms with E-state index in [9.17, 15) is 0 Å². The number of nitrogens with zero attached hydrogens (tertiary/aromatic N) is 1. The Kier molecular flexibility index (Phi) is 3.23. The van der Waals surface area contributed by atoms with Crippen molar-refractivity contribution in [2.75, 3.05) is 0 Å². The lowest BCUT2D eigenvalue weighted by atomic mass is 10.2. The quantitative estimate of drug-likeness (QED) is 0.889. The molecule has 3 N–H and O–H groups in total. The molecule has 0 saturated carbocycles. The fourth-order valence-electron chi connectivity index (χ4n) is 1.32. The van der Waals surface area contributed by atoms with Crippen molar-refractivity contribution in [1.29, 1.82) is 0 Å². The summed E-state index contributed by atoms with van der Waals surface area (Å²) in [6.07, 6.45) is 0. The van der Waals surface area contributed by atoms with Crippen LogP contribution in [-0.2, 0) is 6.54 Å². The van der Waals surface area contributed by atoms with Crippen molar-refractivity contribution >= 4 is 31.9 Å². The zero-order valence-corrected chi connectivity index (χ0v) is 11.0. The average molecular weight is 331 g/mol. The van der Waals surface area contributed by atoms with Gasteiger partial charge in [0.05, 0.1) is 6.54 Å². The molecule has 0 aliphatic rings. The standard InChI is InChI=1S/C10H9Br2N3/c11-7-3-1-2-6(4-7)9-10(12)15-8(5-13)14-9/h1-4H,5,13H2,(H,14,15). The zero-order valence-electron chi connectivity index (χ0n) is 7.80. The number of aromatic nitrogens is 2. The minimum Gasteiger partial charge on any atom is -0.335 e. The van der Waals surface area contributed by atoms with Gasteiger partial charge in [0.2, 0.25) is 0 Å². The Morgan fingerprint density at radius 3 is 2.73 bits per heavy atom. The largest absolute Gasteiger partial charge is 0.335 e. The van der Waals surface area contributed by atoms with Crippen LogP contribution in [0.5, 0.6) is 0 Å². The Labute approximate surface area is 104 Å². The third-order valence-electron chi connectivity index (χ3n) is 2.00.